The van der Waals surface area contributed by atoms with Crippen molar-refractivity contribution in [2.45, 2.75) is 19.3 Å². The Morgan fingerprint density at radius 3 is 2.38 bits per heavy atom. The molecule has 4 aromatic rings. The largest absolute Gasteiger partial charge is 0.364 e. The van der Waals surface area contributed by atoms with E-state index in [1.54, 1.807) is 30.3 Å². The number of nitrogens with two attached hydrogens (primary N) is 2. The molecule has 0 aliphatic heterocycles. The molecule has 0 radical (unpaired) electrons. The van der Waals surface area contributed by atoms with Crippen LogP contribution in [0.1, 0.15) is 38.4 Å². The molecular formula is C29H27FN6O3. The molecular weight excluding hydrogens is 499 g/mol. The smallest absolute Gasteiger partial charge is 0.316 e. The number of benzene rings is 3. The van der Waals surface area contributed by atoms with Gasteiger partial charge in [-0.15, -0.1) is 0 Å². The third-order valence-electron chi connectivity index (χ3n) is 6.88. The summed E-state index contributed by atoms with van der Waals surface area (Å²) in [7, 11) is 0. The highest BCUT2D eigenvalue weighted by Gasteiger charge is 2.20. The van der Waals surface area contributed by atoms with Crippen LogP contribution in [0.25, 0.3) is 16.8 Å². The van der Waals surface area contributed by atoms with Gasteiger partial charge in [-0.2, -0.15) is 5.10 Å². The van der Waals surface area contributed by atoms with Gasteiger partial charge in [-0.25, -0.2) is 13.9 Å². The number of fused-ring (bicyclic) bond motifs is 1. The molecule has 9 nitrogen and oxygen atoms in total. The number of anilines is 1. The number of halogens is 1. The van der Waals surface area contributed by atoms with E-state index in [0.29, 0.717) is 29.3 Å². The van der Waals surface area contributed by atoms with Gasteiger partial charge in [0.1, 0.15) is 5.82 Å². The van der Waals surface area contributed by atoms with Gasteiger partial charge in [0.05, 0.1) is 23.1 Å². The Labute approximate surface area is 224 Å². The average Bonchev–Trinajstić information content (AvgIpc) is 3.35. The molecule has 1 unspecified atom stereocenters. The van der Waals surface area contributed by atoms with Gasteiger partial charge >= 0.3 is 6.03 Å². The van der Waals surface area contributed by atoms with Crippen LogP contribution < -0.4 is 22.1 Å². The summed E-state index contributed by atoms with van der Waals surface area (Å²) in [5.41, 5.74) is 15.0. The van der Waals surface area contributed by atoms with E-state index in [-0.39, 0.29) is 16.9 Å². The van der Waals surface area contributed by atoms with Crippen molar-refractivity contribution in [3.05, 3.63) is 101 Å². The van der Waals surface area contributed by atoms with E-state index in [0.717, 1.165) is 19.3 Å². The first-order valence-electron chi connectivity index (χ1n) is 12.5. The SMILES string of the molecule is NC(=O)Nc1cn(-c2ccc(-c3ccc(C(=O)NCC4CCc5ccccc5C4)c(F)c3)cc2)nc1C(N)=O. The van der Waals surface area contributed by atoms with Crippen molar-refractivity contribution >= 4 is 23.5 Å². The molecule has 1 atom stereocenters. The number of hydrogen-bond acceptors (Lipinski definition) is 4. The second kappa shape index (κ2) is 10.8. The Kier molecular flexibility index (Phi) is 7.09. The minimum Gasteiger partial charge on any atom is -0.364 e. The van der Waals surface area contributed by atoms with Crippen molar-refractivity contribution in [1.82, 2.24) is 15.1 Å². The third kappa shape index (κ3) is 5.64. The van der Waals surface area contributed by atoms with Gasteiger partial charge in [0.25, 0.3) is 11.8 Å². The summed E-state index contributed by atoms with van der Waals surface area (Å²) >= 11 is 0. The maximum absolute atomic E-state index is 15.0. The van der Waals surface area contributed by atoms with E-state index in [1.807, 2.05) is 12.1 Å². The van der Waals surface area contributed by atoms with Crippen molar-refractivity contribution in [2.24, 2.45) is 17.4 Å². The molecule has 0 bridgehead atoms. The molecule has 5 rings (SSSR count). The second-order valence-electron chi connectivity index (χ2n) is 9.52. The normalized spacial score (nSPS) is 14.3. The van der Waals surface area contributed by atoms with E-state index in [9.17, 15) is 18.8 Å². The van der Waals surface area contributed by atoms with Crippen molar-refractivity contribution < 1.29 is 18.8 Å². The number of rotatable bonds is 7. The topological polar surface area (TPSA) is 145 Å². The van der Waals surface area contributed by atoms with Crippen molar-refractivity contribution in [2.75, 3.05) is 11.9 Å². The van der Waals surface area contributed by atoms with Crippen LogP contribution in [0.3, 0.4) is 0 Å². The number of amides is 4. The van der Waals surface area contributed by atoms with Crippen LogP contribution in [0.2, 0.25) is 0 Å². The summed E-state index contributed by atoms with van der Waals surface area (Å²) < 4.78 is 16.3. The highest BCUT2D eigenvalue weighted by atomic mass is 19.1. The van der Waals surface area contributed by atoms with Gasteiger partial charge in [0, 0.05) is 6.54 Å². The molecule has 10 heteroatoms. The number of nitrogens with one attached hydrogen (secondary N) is 2. The molecule has 1 aliphatic rings. The Bertz CT molecular complexity index is 1560. The lowest BCUT2D eigenvalue weighted by Gasteiger charge is -2.24. The number of carbonyl (C=O) groups is 3. The quantitative estimate of drug-likeness (QED) is 0.290. The Morgan fingerprint density at radius 2 is 1.69 bits per heavy atom. The maximum Gasteiger partial charge on any atom is 0.316 e. The first-order chi connectivity index (χ1) is 18.8. The average molecular weight is 527 g/mol. The number of nitrogens with zero attached hydrogens (tertiary/aromatic N) is 2. The minimum atomic E-state index is -0.855. The van der Waals surface area contributed by atoms with Crippen LogP contribution in [0.4, 0.5) is 14.9 Å². The predicted molar refractivity (Wildman–Crippen MR) is 145 cm³/mol. The molecule has 0 fully saturated rings. The van der Waals surface area contributed by atoms with Crippen LogP contribution >= 0.6 is 0 Å². The molecule has 0 saturated carbocycles. The van der Waals surface area contributed by atoms with Gasteiger partial charge < -0.3 is 22.1 Å². The molecule has 3 aromatic carbocycles. The fourth-order valence-electron chi connectivity index (χ4n) is 4.88. The molecule has 1 heterocycles. The predicted octanol–water partition coefficient (Wildman–Crippen LogP) is 3.80. The standard InChI is InChI=1S/C29H27FN6O3/c30-24-14-21(9-12-23(24)28(38)33-15-17-5-6-18-3-1-2-4-20(18)13-17)19-7-10-22(11-8-19)36-16-25(34-29(32)39)26(35-36)27(31)37/h1-4,7-12,14,16-17H,5-6,13,15H2,(H2,31,37)(H,33,38)(H3,32,34,39). The minimum absolute atomic E-state index is 0.00316. The molecule has 4 amide bonds. The first kappa shape index (κ1) is 25.7. The number of carbonyl (C=O) groups excluding carboxylic acids is 3. The molecule has 1 aromatic heterocycles. The van der Waals surface area contributed by atoms with Crippen LogP contribution in [-0.2, 0) is 12.8 Å². The van der Waals surface area contributed by atoms with Crippen molar-refractivity contribution in [3.63, 3.8) is 0 Å². The van der Waals surface area contributed by atoms with Gasteiger partial charge in [-0.05, 0) is 71.7 Å². The number of aromatic nitrogens is 2. The maximum atomic E-state index is 15.0. The summed E-state index contributed by atoms with van der Waals surface area (Å²) in [6.07, 6.45) is 4.29. The lowest BCUT2D eigenvalue weighted by Crippen LogP contribution is -2.32. The molecule has 0 saturated heterocycles. The van der Waals surface area contributed by atoms with Crippen LogP contribution in [0.15, 0.2) is 72.9 Å². The van der Waals surface area contributed by atoms with Crippen LogP contribution in [0.5, 0.6) is 0 Å². The number of primary amides is 2. The monoisotopic (exact) mass is 526 g/mol. The Hall–Kier alpha value is -4.99. The molecule has 1 aliphatic carbocycles. The zero-order valence-electron chi connectivity index (χ0n) is 21.0. The molecule has 0 spiro atoms. The summed E-state index contributed by atoms with van der Waals surface area (Å²) in [6, 6.07) is 18.9. The highest BCUT2D eigenvalue weighted by Crippen LogP contribution is 2.26. The van der Waals surface area contributed by atoms with E-state index in [1.165, 1.54) is 34.1 Å². The highest BCUT2D eigenvalue weighted by molar-refractivity contribution is 6.00. The molecule has 39 heavy (non-hydrogen) atoms. The van der Waals surface area contributed by atoms with Gasteiger partial charge in [0.15, 0.2) is 5.69 Å². The van der Waals surface area contributed by atoms with Gasteiger partial charge in [-0.1, -0.05) is 42.5 Å². The van der Waals surface area contributed by atoms with Crippen molar-refractivity contribution in [3.8, 4) is 16.8 Å². The molecule has 6 N–H and O–H groups in total. The first-order valence-corrected chi connectivity index (χ1v) is 12.5. The number of urea groups is 1. The number of aryl methyl sites for hydroxylation is 1. The zero-order valence-corrected chi connectivity index (χ0v) is 21.0. The van der Waals surface area contributed by atoms with Crippen LogP contribution in [-0.4, -0.2) is 34.2 Å². The summed E-state index contributed by atoms with van der Waals surface area (Å²) in [5, 5.41) is 9.32. The van der Waals surface area contributed by atoms with E-state index >= 15 is 0 Å². The molecule has 198 valence electrons. The third-order valence-corrected chi connectivity index (χ3v) is 6.88. The lowest BCUT2D eigenvalue weighted by molar-refractivity contribution is 0.0940. The van der Waals surface area contributed by atoms with Crippen molar-refractivity contribution in [1.29, 1.82) is 0 Å². The summed E-state index contributed by atoms with van der Waals surface area (Å²) in [6.45, 7) is 0.497. The second-order valence-corrected chi connectivity index (χ2v) is 9.52. The van der Waals surface area contributed by atoms with Gasteiger partial charge in [-0.3, -0.25) is 9.59 Å². The number of hydrogen-bond donors (Lipinski definition) is 4. The van der Waals surface area contributed by atoms with Gasteiger partial charge in [0.2, 0.25) is 0 Å². The lowest BCUT2D eigenvalue weighted by atomic mass is 9.84. The van der Waals surface area contributed by atoms with Crippen LogP contribution in [0, 0.1) is 11.7 Å². The Morgan fingerprint density at radius 1 is 0.974 bits per heavy atom. The van der Waals surface area contributed by atoms with E-state index in [4.69, 9.17) is 11.5 Å². The van der Waals surface area contributed by atoms with E-state index in [2.05, 4.69) is 27.9 Å². The summed E-state index contributed by atoms with van der Waals surface area (Å²) in [5.74, 6) is -1.54. The zero-order chi connectivity index (χ0) is 27.5. The summed E-state index contributed by atoms with van der Waals surface area (Å²) in [4.78, 5) is 35.6. The Balaban J connectivity index is 1.25. The van der Waals surface area contributed by atoms with E-state index < -0.39 is 23.7 Å². The fraction of sp³-hybridized carbons (Fsp3) is 0.172. The fourth-order valence-corrected chi connectivity index (χ4v) is 4.88.